The zero-order valence-electron chi connectivity index (χ0n) is 12.9. The Morgan fingerprint density at radius 3 is 2.68 bits per heavy atom. The number of carbonyl (C=O) groups is 1. The second-order valence-corrected chi connectivity index (χ2v) is 6.41. The molecule has 1 aromatic heterocycles. The van der Waals surface area contributed by atoms with Crippen molar-refractivity contribution < 1.29 is 14.1 Å². The van der Waals surface area contributed by atoms with E-state index >= 15 is 0 Å². The minimum absolute atomic E-state index is 0.142. The number of hydrogen-bond donors (Lipinski definition) is 1. The van der Waals surface area contributed by atoms with Gasteiger partial charge in [0.2, 0.25) is 5.82 Å². The summed E-state index contributed by atoms with van der Waals surface area (Å²) in [7, 11) is 0. The van der Waals surface area contributed by atoms with Gasteiger partial charge in [0.25, 0.3) is 5.89 Å². The van der Waals surface area contributed by atoms with Gasteiger partial charge in [-0.2, -0.15) is 4.98 Å². The Hall–Kier alpha value is -2.08. The Balaban J connectivity index is 2.41. The summed E-state index contributed by atoms with van der Waals surface area (Å²) in [4.78, 5) is 15.1. The molecule has 0 radical (unpaired) electrons. The Bertz CT molecular complexity index is 692. The molecule has 0 unspecified atom stereocenters. The first-order chi connectivity index (χ1) is 10.2. The lowest BCUT2D eigenvalue weighted by Gasteiger charge is -2.21. The minimum atomic E-state index is -0.894. The molecule has 0 saturated heterocycles. The molecule has 118 valence electrons. The van der Waals surface area contributed by atoms with Gasteiger partial charge < -0.3 is 15.0 Å². The van der Waals surface area contributed by atoms with Crippen LogP contribution in [0.3, 0.4) is 0 Å². The van der Waals surface area contributed by atoms with Crippen molar-refractivity contribution in [3.63, 3.8) is 0 Å². The fourth-order valence-corrected chi connectivity index (χ4v) is 2.24. The van der Waals surface area contributed by atoms with E-state index in [1.165, 1.54) is 0 Å². The van der Waals surface area contributed by atoms with Crippen molar-refractivity contribution >= 4 is 17.7 Å². The largest absolute Gasteiger partial charge is 0.437 e. The summed E-state index contributed by atoms with van der Waals surface area (Å²) in [6.07, 6.45) is -1.60. The lowest BCUT2D eigenvalue weighted by molar-refractivity contribution is 0.0959. The van der Waals surface area contributed by atoms with Crippen molar-refractivity contribution in [3.8, 4) is 11.4 Å². The van der Waals surface area contributed by atoms with E-state index in [0.717, 1.165) is 11.1 Å². The van der Waals surface area contributed by atoms with Crippen LogP contribution in [0.4, 0.5) is 4.79 Å². The monoisotopic (exact) mass is 323 g/mol. The Kier molecular flexibility index (Phi) is 4.42. The fourth-order valence-electron chi connectivity index (χ4n) is 2.07. The van der Waals surface area contributed by atoms with Crippen LogP contribution >= 0.6 is 11.6 Å². The maximum Gasteiger partial charge on any atom is 0.405 e. The highest BCUT2D eigenvalue weighted by Gasteiger charge is 2.24. The van der Waals surface area contributed by atoms with Crippen molar-refractivity contribution in [2.45, 2.75) is 39.2 Å². The number of aromatic nitrogens is 2. The number of halogens is 1. The third-order valence-corrected chi connectivity index (χ3v) is 3.35. The zero-order valence-corrected chi connectivity index (χ0v) is 13.6. The number of nitrogens with two attached hydrogens (primary N) is 1. The molecule has 7 heteroatoms. The molecule has 0 spiro atoms. The number of nitrogens with zero attached hydrogens (tertiary/aromatic N) is 2. The van der Waals surface area contributed by atoms with E-state index in [1.807, 2.05) is 12.1 Å². The highest BCUT2D eigenvalue weighted by Crippen LogP contribution is 2.34. The zero-order chi connectivity index (χ0) is 16.5. The second kappa shape index (κ2) is 5.96. The van der Waals surface area contributed by atoms with E-state index in [9.17, 15) is 4.79 Å². The minimum Gasteiger partial charge on any atom is -0.437 e. The van der Waals surface area contributed by atoms with E-state index < -0.39 is 12.2 Å². The first-order valence-corrected chi connectivity index (χ1v) is 7.16. The van der Waals surface area contributed by atoms with E-state index in [-0.39, 0.29) is 11.3 Å². The molecule has 0 aliphatic heterocycles. The summed E-state index contributed by atoms with van der Waals surface area (Å²) in [5.74, 6) is 0.597. The number of primary amides is 1. The number of benzene rings is 1. The highest BCUT2D eigenvalue weighted by molar-refractivity contribution is 6.30. The average molecular weight is 324 g/mol. The molecule has 1 amide bonds. The second-order valence-electron chi connectivity index (χ2n) is 5.98. The molecule has 0 saturated carbocycles. The van der Waals surface area contributed by atoms with Gasteiger partial charge in [-0.1, -0.05) is 37.5 Å². The summed E-state index contributed by atoms with van der Waals surface area (Å²) >= 11 is 6.09. The Labute approximate surface area is 133 Å². The topological polar surface area (TPSA) is 91.2 Å². The van der Waals surface area contributed by atoms with Gasteiger partial charge >= 0.3 is 6.09 Å². The van der Waals surface area contributed by atoms with E-state index in [4.69, 9.17) is 26.6 Å². The SMILES string of the molecule is C[C@H](OC(N)=O)c1nc(-c2ccc(Cl)cc2C(C)(C)C)no1. The number of amides is 1. The van der Waals surface area contributed by atoms with Gasteiger partial charge in [0.1, 0.15) is 0 Å². The van der Waals surface area contributed by atoms with E-state index in [1.54, 1.807) is 13.0 Å². The lowest BCUT2D eigenvalue weighted by Crippen LogP contribution is -2.15. The van der Waals surface area contributed by atoms with E-state index in [0.29, 0.717) is 10.8 Å². The molecule has 22 heavy (non-hydrogen) atoms. The predicted molar refractivity (Wildman–Crippen MR) is 82.5 cm³/mol. The lowest BCUT2D eigenvalue weighted by atomic mass is 9.83. The van der Waals surface area contributed by atoms with Crippen LogP contribution < -0.4 is 5.73 Å². The third-order valence-electron chi connectivity index (χ3n) is 3.11. The van der Waals surface area contributed by atoms with Gasteiger partial charge in [-0.25, -0.2) is 4.79 Å². The van der Waals surface area contributed by atoms with Crippen LogP contribution in [-0.4, -0.2) is 16.2 Å². The Morgan fingerprint density at radius 1 is 1.41 bits per heavy atom. The molecule has 0 aliphatic carbocycles. The Morgan fingerprint density at radius 2 is 2.09 bits per heavy atom. The first kappa shape index (κ1) is 16.3. The molecule has 0 bridgehead atoms. The van der Waals surface area contributed by atoms with E-state index in [2.05, 4.69) is 30.9 Å². The van der Waals surface area contributed by atoms with Crippen LogP contribution in [0.2, 0.25) is 5.02 Å². The van der Waals surface area contributed by atoms with Gasteiger partial charge in [-0.05, 0) is 36.1 Å². The van der Waals surface area contributed by atoms with Crippen LogP contribution in [0.5, 0.6) is 0 Å². The maximum atomic E-state index is 10.8. The summed E-state index contributed by atoms with van der Waals surface area (Å²) in [5, 5.41) is 4.60. The van der Waals surface area contributed by atoms with Crippen molar-refractivity contribution in [1.82, 2.24) is 10.1 Å². The molecule has 1 atom stereocenters. The summed E-state index contributed by atoms with van der Waals surface area (Å²) in [6, 6.07) is 5.50. The summed E-state index contributed by atoms with van der Waals surface area (Å²) in [6.45, 7) is 7.82. The van der Waals surface area contributed by atoms with Gasteiger partial charge in [-0.3, -0.25) is 0 Å². The predicted octanol–water partition coefficient (Wildman–Crippen LogP) is 3.84. The van der Waals surface area contributed by atoms with Gasteiger partial charge in [-0.15, -0.1) is 0 Å². The molecule has 1 aromatic carbocycles. The molecule has 1 heterocycles. The average Bonchev–Trinajstić information content (AvgIpc) is 2.86. The summed E-state index contributed by atoms with van der Waals surface area (Å²) in [5.41, 5.74) is 6.65. The standard InChI is InChI=1S/C15H18ClN3O3/c1-8(21-14(17)20)13-18-12(19-22-13)10-6-5-9(16)7-11(10)15(2,3)4/h5-8H,1-4H3,(H2,17,20)/t8-/m0/s1. The molecular weight excluding hydrogens is 306 g/mol. The number of hydrogen-bond acceptors (Lipinski definition) is 5. The number of carbonyl (C=O) groups excluding carboxylic acids is 1. The third kappa shape index (κ3) is 3.57. The van der Waals surface area contributed by atoms with Crippen LogP contribution in [0, 0.1) is 0 Å². The highest BCUT2D eigenvalue weighted by atomic mass is 35.5. The molecule has 2 aromatic rings. The van der Waals surface area contributed by atoms with Crippen LogP contribution in [0.15, 0.2) is 22.7 Å². The van der Waals surface area contributed by atoms with Gasteiger partial charge in [0.05, 0.1) is 0 Å². The number of rotatable bonds is 3. The van der Waals surface area contributed by atoms with Crippen LogP contribution in [0.1, 0.15) is 45.3 Å². The fraction of sp³-hybridized carbons (Fsp3) is 0.400. The molecule has 6 nitrogen and oxygen atoms in total. The summed E-state index contributed by atoms with van der Waals surface area (Å²) < 4.78 is 9.98. The van der Waals surface area contributed by atoms with Crippen molar-refractivity contribution in [2.75, 3.05) is 0 Å². The van der Waals surface area contributed by atoms with Crippen molar-refractivity contribution in [3.05, 3.63) is 34.7 Å². The number of ether oxygens (including phenoxy) is 1. The van der Waals surface area contributed by atoms with Gasteiger partial charge in [0, 0.05) is 10.6 Å². The normalized spacial score (nSPS) is 13.0. The quantitative estimate of drug-likeness (QED) is 0.926. The molecular formula is C15H18ClN3O3. The maximum absolute atomic E-state index is 10.8. The molecule has 2 N–H and O–H groups in total. The smallest absolute Gasteiger partial charge is 0.405 e. The van der Waals surface area contributed by atoms with Crippen molar-refractivity contribution in [1.29, 1.82) is 0 Å². The molecule has 0 aliphatic rings. The first-order valence-electron chi connectivity index (χ1n) is 6.78. The van der Waals surface area contributed by atoms with Crippen molar-refractivity contribution in [2.24, 2.45) is 5.73 Å². The van der Waals surface area contributed by atoms with Crippen LogP contribution in [-0.2, 0) is 10.2 Å². The van der Waals surface area contributed by atoms with Gasteiger partial charge in [0.15, 0.2) is 6.10 Å². The molecule has 2 rings (SSSR count). The van der Waals surface area contributed by atoms with Crippen LogP contribution in [0.25, 0.3) is 11.4 Å². The molecule has 0 fully saturated rings.